The summed E-state index contributed by atoms with van der Waals surface area (Å²) in [5, 5.41) is 22.9. The van der Waals surface area contributed by atoms with Gasteiger partial charge in [0.25, 0.3) is 0 Å². The molecule has 0 amide bonds. The highest BCUT2D eigenvalue weighted by Crippen LogP contribution is 2.13. The Bertz CT molecular complexity index is 540. The van der Waals surface area contributed by atoms with Crippen LogP contribution < -0.4 is 5.32 Å². The summed E-state index contributed by atoms with van der Waals surface area (Å²) in [6.07, 6.45) is 0. The largest absolute Gasteiger partial charge is 0.392 e. The fourth-order valence-electron chi connectivity index (χ4n) is 1.62. The van der Waals surface area contributed by atoms with E-state index in [1.807, 2.05) is 35.7 Å². The van der Waals surface area contributed by atoms with E-state index in [2.05, 4.69) is 11.4 Å². The number of nitrogens with zero attached hydrogens (tertiary/aromatic N) is 1. The van der Waals surface area contributed by atoms with Crippen molar-refractivity contribution in [1.29, 1.82) is 5.26 Å². The number of hydrogen-bond donors (Lipinski definition) is 2. The third-order valence-corrected chi connectivity index (χ3v) is 3.55. The molecule has 1 heterocycles. The van der Waals surface area contributed by atoms with E-state index < -0.39 is 0 Å². The van der Waals surface area contributed by atoms with Crippen LogP contribution in [-0.4, -0.2) is 5.11 Å². The van der Waals surface area contributed by atoms with Gasteiger partial charge in [-0.15, -0.1) is 11.3 Å². The van der Waals surface area contributed by atoms with E-state index in [4.69, 9.17) is 10.4 Å². The highest BCUT2D eigenvalue weighted by Gasteiger charge is 1.99. The van der Waals surface area contributed by atoms with Gasteiger partial charge in [-0.05, 0) is 17.2 Å². The van der Waals surface area contributed by atoms with Crippen LogP contribution in [0.15, 0.2) is 35.7 Å². The highest BCUT2D eigenvalue weighted by molar-refractivity contribution is 7.10. The van der Waals surface area contributed by atoms with Gasteiger partial charge in [0.1, 0.15) is 6.07 Å². The van der Waals surface area contributed by atoms with Crippen LogP contribution in [0.2, 0.25) is 0 Å². The highest BCUT2D eigenvalue weighted by atomic mass is 32.1. The fraction of sp³-hybridized carbons (Fsp3) is 0.214. The summed E-state index contributed by atoms with van der Waals surface area (Å²) in [6.45, 7) is 1.64. The summed E-state index contributed by atoms with van der Waals surface area (Å²) < 4.78 is 0. The maximum atomic E-state index is 8.94. The summed E-state index contributed by atoms with van der Waals surface area (Å²) in [5.41, 5.74) is 2.84. The molecule has 2 N–H and O–H groups in total. The molecule has 0 aliphatic carbocycles. The van der Waals surface area contributed by atoms with Gasteiger partial charge in [0.2, 0.25) is 0 Å². The zero-order valence-electron chi connectivity index (χ0n) is 9.89. The molecular formula is C14H14N2OS. The molecular weight excluding hydrogens is 244 g/mol. The zero-order chi connectivity index (χ0) is 12.8. The topological polar surface area (TPSA) is 56.0 Å². The van der Waals surface area contributed by atoms with Crippen LogP contribution in [0.5, 0.6) is 0 Å². The summed E-state index contributed by atoms with van der Waals surface area (Å²) in [5.74, 6) is 0. The van der Waals surface area contributed by atoms with Crippen molar-refractivity contribution in [2.75, 3.05) is 0 Å². The fourth-order valence-corrected chi connectivity index (χ4v) is 2.40. The van der Waals surface area contributed by atoms with E-state index in [1.54, 1.807) is 11.3 Å². The van der Waals surface area contributed by atoms with E-state index in [0.717, 1.165) is 24.2 Å². The smallest absolute Gasteiger partial charge is 0.100 e. The minimum atomic E-state index is 0.0832. The SMILES string of the molecule is N#Cc1csc(CNCc2ccc(CO)cc2)c1. The van der Waals surface area contributed by atoms with Crippen molar-refractivity contribution < 1.29 is 5.11 Å². The molecule has 0 bridgehead atoms. The average Bonchev–Trinajstić information content (AvgIpc) is 2.87. The van der Waals surface area contributed by atoms with Crippen molar-refractivity contribution in [3.05, 3.63) is 57.3 Å². The first kappa shape index (κ1) is 12.8. The molecule has 2 aromatic rings. The lowest BCUT2D eigenvalue weighted by Gasteiger charge is -2.04. The third-order valence-electron chi connectivity index (χ3n) is 2.62. The number of aliphatic hydroxyl groups excluding tert-OH is 1. The average molecular weight is 258 g/mol. The van der Waals surface area contributed by atoms with Crippen molar-refractivity contribution in [3.63, 3.8) is 0 Å². The van der Waals surface area contributed by atoms with Crippen molar-refractivity contribution in [1.82, 2.24) is 5.32 Å². The van der Waals surface area contributed by atoms with Crippen LogP contribution in [0, 0.1) is 11.3 Å². The molecule has 0 saturated carbocycles. The predicted octanol–water partition coefficient (Wildman–Crippen LogP) is 2.40. The van der Waals surface area contributed by atoms with Crippen LogP contribution in [-0.2, 0) is 19.7 Å². The second kappa shape index (κ2) is 6.31. The van der Waals surface area contributed by atoms with Gasteiger partial charge in [-0.3, -0.25) is 0 Å². The Labute approximate surface area is 110 Å². The molecule has 2 rings (SSSR count). The van der Waals surface area contributed by atoms with Crippen molar-refractivity contribution in [2.24, 2.45) is 0 Å². The summed E-state index contributed by atoms with van der Waals surface area (Å²) in [6, 6.07) is 11.9. The second-order valence-corrected chi connectivity index (χ2v) is 4.99. The van der Waals surface area contributed by atoms with Crippen molar-refractivity contribution in [2.45, 2.75) is 19.7 Å². The molecule has 0 fully saturated rings. The molecule has 0 spiro atoms. The number of thiophene rings is 1. The molecule has 0 atom stereocenters. The van der Waals surface area contributed by atoms with Crippen LogP contribution in [0.25, 0.3) is 0 Å². The van der Waals surface area contributed by atoms with Gasteiger partial charge in [0.05, 0.1) is 12.2 Å². The first-order valence-electron chi connectivity index (χ1n) is 5.68. The molecule has 0 radical (unpaired) electrons. The molecule has 0 aliphatic heterocycles. The second-order valence-electron chi connectivity index (χ2n) is 3.99. The minimum absolute atomic E-state index is 0.0832. The third kappa shape index (κ3) is 3.41. The van der Waals surface area contributed by atoms with E-state index in [1.165, 1.54) is 10.4 Å². The van der Waals surface area contributed by atoms with Crippen molar-refractivity contribution >= 4 is 11.3 Å². The monoisotopic (exact) mass is 258 g/mol. The van der Waals surface area contributed by atoms with Crippen LogP contribution >= 0.6 is 11.3 Å². The lowest BCUT2D eigenvalue weighted by atomic mass is 10.1. The summed E-state index contributed by atoms with van der Waals surface area (Å²) in [4.78, 5) is 1.17. The molecule has 92 valence electrons. The standard InChI is InChI=1S/C14H14N2OS/c15-6-13-5-14(18-10-13)8-16-7-11-1-3-12(9-17)4-2-11/h1-5,10,16-17H,7-9H2. The zero-order valence-corrected chi connectivity index (χ0v) is 10.7. The van der Waals surface area contributed by atoms with Gasteiger partial charge in [-0.25, -0.2) is 0 Å². The molecule has 1 aromatic heterocycles. The van der Waals surface area contributed by atoms with Crippen LogP contribution in [0.1, 0.15) is 21.6 Å². The molecule has 18 heavy (non-hydrogen) atoms. The lowest BCUT2D eigenvalue weighted by Crippen LogP contribution is -2.11. The van der Waals surface area contributed by atoms with Gasteiger partial charge in [0, 0.05) is 23.3 Å². The Morgan fingerprint density at radius 1 is 1.17 bits per heavy atom. The number of benzene rings is 1. The predicted molar refractivity (Wildman–Crippen MR) is 71.9 cm³/mol. The van der Waals surface area contributed by atoms with Gasteiger partial charge in [-0.1, -0.05) is 24.3 Å². The van der Waals surface area contributed by atoms with Gasteiger partial charge in [-0.2, -0.15) is 5.26 Å². The number of hydrogen-bond acceptors (Lipinski definition) is 4. The van der Waals surface area contributed by atoms with E-state index in [-0.39, 0.29) is 6.61 Å². The van der Waals surface area contributed by atoms with Gasteiger partial charge in [0.15, 0.2) is 0 Å². The van der Waals surface area contributed by atoms with E-state index in [9.17, 15) is 0 Å². The summed E-state index contributed by atoms with van der Waals surface area (Å²) in [7, 11) is 0. The van der Waals surface area contributed by atoms with Crippen LogP contribution in [0.3, 0.4) is 0 Å². The first-order chi connectivity index (χ1) is 8.81. The lowest BCUT2D eigenvalue weighted by molar-refractivity contribution is 0.282. The van der Waals surface area contributed by atoms with Crippen molar-refractivity contribution in [3.8, 4) is 6.07 Å². The molecule has 1 aromatic carbocycles. The van der Waals surface area contributed by atoms with Gasteiger partial charge < -0.3 is 10.4 Å². The maximum Gasteiger partial charge on any atom is 0.100 e. The number of aliphatic hydroxyl groups is 1. The maximum absolute atomic E-state index is 8.94. The minimum Gasteiger partial charge on any atom is -0.392 e. The summed E-state index contributed by atoms with van der Waals surface area (Å²) >= 11 is 1.60. The molecule has 0 unspecified atom stereocenters. The van der Waals surface area contributed by atoms with E-state index in [0.29, 0.717) is 0 Å². The Hall–Kier alpha value is -1.67. The quantitative estimate of drug-likeness (QED) is 0.866. The Morgan fingerprint density at radius 3 is 2.50 bits per heavy atom. The first-order valence-corrected chi connectivity index (χ1v) is 6.56. The number of nitriles is 1. The Morgan fingerprint density at radius 2 is 1.89 bits per heavy atom. The molecule has 0 aliphatic rings. The van der Waals surface area contributed by atoms with Gasteiger partial charge >= 0.3 is 0 Å². The Balaban J connectivity index is 1.82. The molecule has 0 saturated heterocycles. The van der Waals surface area contributed by atoms with Crippen LogP contribution in [0.4, 0.5) is 0 Å². The normalized spacial score (nSPS) is 10.2. The van der Waals surface area contributed by atoms with E-state index >= 15 is 0 Å². The Kier molecular flexibility index (Phi) is 4.48. The number of nitrogens with one attached hydrogen (secondary N) is 1. The molecule has 3 nitrogen and oxygen atoms in total. The number of rotatable bonds is 5. The molecule has 4 heteroatoms.